The molecule has 0 saturated carbocycles. The van der Waals surface area contributed by atoms with Crippen molar-refractivity contribution >= 4 is 17.9 Å². The van der Waals surface area contributed by atoms with Gasteiger partial charge in [-0.1, -0.05) is 289 Å². The monoisotopic (exact) mass is 1110 g/mol. The minimum atomic E-state index is -0.792. The summed E-state index contributed by atoms with van der Waals surface area (Å²) < 4.78 is 16.9. The average molecular weight is 1110 g/mol. The van der Waals surface area contributed by atoms with Gasteiger partial charge in [-0.15, -0.1) is 0 Å². The zero-order chi connectivity index (χ0) is 57.8. The van der Waals surface area contributed by atoms with E-state index in [1.54, 1.807) is 0 Å². The lowest BCUT2D eigenvalue weighted by Gasteiger charge is -2.18. The summed E-state index contributed by atoms with van der Waals surface area (Å²) in [7, 11) is 0. The highest BCUT2D eigenvalue weighted by Crippen LogP contribution is 2.15. The molecule has 80 heavy (non-hydrogen) atoms. The highest BCUT2D eigenvalue weighted by atomic mass is 16.6. The van der Waals surface area contributed by atoms with Crippen LogP contribution in [0.5, 0.6) is 0 Å². The number of allylic oxidation sites excluding steroid dienone is 22. The van der Waals surface area contributed by atoms with Gasteiger partial charge in [-0.05, 0) is 122 Å². The third-order valence-electron chi connectivity index (χ3n) is 13.9. The zero-order valence-corrected chi connectivity index (χ0v) is 52.0. The Morgan fingerprint density at radius 3 is 0.787 bits per heavy atom. The van der Waals surface area contributed by atoms with Gasteiger partial charge in [-0.25, -0.2) is 0 Å². The van der Waals surface area contributed by atoms with Crippen LogP contribution in [-0.4, -0.2) is 37.2 Å². The second-order valence-corrected chi connectivity index (χ2v) is 21.6. The highest BCUT2D eigenvalue weighted by Gasteiger charge is 2.19. The predicted molar refractivity (Wildman–Crippen MR) is 348 cm³/mol. The molecule has 0 radical (unpaired) electrons. The smallest absolute Gasteiger partial charge is 0.306 e. The summed E-state index contributed by atoms with van der Waals surface area (Å²) in [5.74, 6) is -0.909. The van der Waals surface area contributed by atoms with Crippen LogP contribution in [-0.2, 0) is 28.6 Å². The molecule has 454 valence electrons. The SMILES string of the molecule is CC/C=C\C/C=C\C/C=C\C/C=C\C/C=C\C/C=C\C/C=C\C/C=C\C/C=C\CCCCCCCCCC(=O)OCC(COC(=O)CCCCCCCCCCCCCC)OC(=O)CCCCCCC/C=C\C/C=C\CCCCC. The van der Waals surface area contributed by atoms with Crippen molar-refractivity contribution in [3.63, 3.8) is 0 Å². The van der Waals surface area contributed by atoms with Crippen LogP contribution in [0.15, 0.2) is 134 Å². The summed E-state index contributed by atoms with van der Waals surface area (Å²) in [5, 5.41) is 0. The van der Waals surface area contributed by atoms with Crippen molar-refractivity contribution in [3.05, 3.63) is 134 Å². The maximum atomic E-state index is 12.9. The first-order valence-corrected chi connectivity index (χ1v) is 33.2. The fourth-order valence-electron chi connectivity index (χ4n) is 8.94. The summed E-state index contributed by atoms with van der Waals surface area (Å²) in [6.45, 7) is 6.48. The van der Waals surface area contributed by atoms with Crippen LogP contribution in [0.2, 0.25) is 0 Å². The summed E-state index contributed by atoms with van der Waals surface area (Å²) in [6.07, 6.45) is 94.6. The topological polar surface area (TPSA) is 78.9 Å². The van der Waals surface area contributed by atoms with Crippen LogP contribution in [0.25, 0.3) is 0 Å². The van der Waals surface area contributed by atoms with Crippen molar-refractivity contribution in [2.75, 3.05) is 13.2 Å². The van der Waals surface area contributed by atoms with Crippen molar-refractivity contribution in [1.29, 1.82) is 0 Å². The lowest BCUT2D eigenvalue weighted by atomic mass is 10.0. The maximum absolute atomic E-state index is 12.9. The molecule has 0 aliphatic heterocycles. The molecule has 1 atom stereocenters. The Morgan fingerprint density at radius 2 is 0.487 bits per heavy atom. The Labute approximate surface area is 494 Å². The first-order valence-electron chi connectivity index (χ1n) is 33.2. The minimum Gasteiger partial charge on any atom is -0.462 e. The summed E-state index contributed by atoms with van der Waals surface area (Å²) in [5.41, 5.74) is 0. The fraction of sp³-hybridized carbons (Fsp3) is 0.662. The van der Waals surface area contributed by atoms with Gasteiger partial charge in [0.1, 0.15) is 13.2 Å². The third kappa shape index (κ3) is 64.4. The van der Waals surface area contributed by atoms with Crippen LogP contribution >= 0.6 is 0 Å². The van der Waals surface area contributed by atoms with Crippen molar-refractivity contribution in [2.24, 2.45) is 0 Å². The van der Waals surface area contributed by atoms with Gasteiger partial charge < -0.3 is 14.2 Å². The number of ether oxygens (including phenoxy) is 3. The molecule has 1 unspecified atom stereocenters. The van der Waals surface area contributed by atoms with Crippen molar-refractivity contribution in [1.82, 2.24) is 0 Å². The van der Waals surface area contributed by atoms with Crippen molar-refractivity contribution in [3.8, 4) is 0 Å². The van der Waals surface area contributed by atoms with Crippen LogP contribution in [0, 0.1) is 0 Å². The van der Waals surface area contributed by atoms with Gasteiger partial charge >= 0.3 is 17.9 Å². The Hall–Kier alpha value is -4.45. The van der Waals surface area contributed by atoms with E-state index in [4.69, 9.17) is 14.2 Å². The molecule has 0 aromatic heterocycles. The molecule has 0 aliphatic rings. The summed E-state index contributed by atoms with van der Waals surface area (Å²) >= 11 is 0. The summed E-state index contributed by atoms with van der Waals surface area (Å²) in [6, 6.07) is 0. The molecular weight excluding hydrogens is 985 g/mol. The number of esters is 3. The molecule has 0 bridgehead atoms. The molecule has 0 aliphatic carbocycles. The second kappa shape index (κ2) is 67.1. The lowest BCUT2D eigenvalue weighted by Crippen LogP contribution is -2.30. The molecule has 0 aromatic carbocycles. The van der Waals surface area contributed by atoms with Crippen LogP contribution in [0.4, 0.5) is 0 Å². The summed E-state index contributed by atoms with van der Waals surface area (Å²) in [4.78, 5) is 38.2. The Morgan fingerprint density at radius 1 is 0.263 bits per heavy atom. The number of hydrogen-bond donors (Lipinski definition) is 0. The van der Waals surface area contributed by atoms with E-state index in [0.29, 0.717) is 19.3 Å². The van der Waals surface area contributed by atoms with E-state index >= 15 is 0 Å². The Kier molecular flexibility index (Phi) is 63.3. The van der Waals surface area contributed by atoms with Crippen LogP contribution in [0.1, 0.15) is 297 Å². The van der Waals surface area contributed by atoms with Crippen LogP contribution < -0.4 is 0 Å². The molecule has 0 heterocycles. The fourth-order valence-corrected chi connectivity index (χ4v) is 8.94. The molecule has 0 fully saturated rings. The highest BCUT2D eigenvalue weighted by molar-refractivity contribution is 5.71. The Bertz CT molecular complexity index is 1700. The van der Waals surface area contributed by atoms with E-state index < -0.39 is 6.10 Å². The number of carbonyl (C=O) groups is 3. The molecule has 0 rings (SSSR count). The first kappa shape index (κ1) is 75.5. The molecule has 0 saturated heterocycles. The van der Waals surface area contributed by atoms with E-state index in [-0.39, 0.29) is 31.1 Å². The number of hydrogen-bond acceptors (Lipinski definition) is 6. The molecule has 0 spiro atoms. The normalized spacial score (nSPS) is 13.0. The average Bonchev–Trinajstić information content (AvgIpc) is 3.46. The van der Waals surface area contributed by atoms with Gasteiger partial charge in [0.05, 0.1) is 0 Å². The van der Waals surface area contributed by atoms with E-state index in [9.17, 15) is 14.4 Å². The number of unbranched alkanes of at least 4 members (excludes halogenated alkanes) is 26. The molecule has 0 aromatic rings. The van der Waals surface area contributed by atoms with Gasteiger partial charge in [-0.2, -0.15) is 0 Å². The largest absolute Gasteiger partial charge is 0.462 e. The van der Waals surface area contributed by atoms with Crippen molar-refractivity contribution in [2.45, 2.75) is 303 Å². The van der Waals surface area contributed by atoms with Crippen LogP contribution in [0.3, 0.4) is 0 Å². The quantitative estimate of drug-likeness (QED) is 0.0261. The maximum Gasteiger partial charge on any atom is 0.306 e. The molecule has 6 heteroatoms. The van der Waals surface area contributed by atoms with E-state index in [1.165, 1.54) is 109 Å². The third-order valence-corrected chi connectivity index (χ3v) is 13.9. The zero-order valence-electron chi connectivity index (χ0n) is 52.0. The molecule has 0 N–H and O–H groups in total. The van der Waals surface area contributed by atoms with E-state index in [2.05, 4.69) is 154 Å². The number of carbonyl (C=O) groups excluding carboxylic acids is 3. The number of rotatable bonds is 59. The van der Waals surface area contributed by atoms with Gasteiger partial charge in [0.15, 0.2) is 6.10 Å². The van der Waals surface area contributed by atoms with E-state index in [1.807, 2.05) is 0 Å². The molecular formula is C74H122O6. The standard InChI is InChI=1S/C74H122O6/c1-4-7-10-13-16-19-22-25-27-28-29-30-31-32-33-34-35-36-37-38-39-40-41-42-43-44-45-46-48-49-52-55-58-61-64-67-73(76)79-70-71(69-78-72(75)66-63-60-57-54-51-24-21-18-15-12-9-6-3)80-74(77)68-65-62-59-56-53-50-47-26-23-20-17-14-11-8-5-2/h7,10,16-17,19-20,25-27,29-30,32-33,35-36,38-39,41-42,44-45,47,71H,4-6,8-9,11-15,18,21-24,28,31,34,37,40,43,46,48-70H2,1-3H3/b10-7-,19-16-,20-17-,27-25-,30-29-,33-32-,36-35-,39-38-,42-41-,45-44-,47-26-. The van der Waals surface area contributed by atoms with Gasteiger partial charge in [0.25, 0.3) is 0 Å². The predicted octanol–water partition coefficient (Wildman–Crippen LogP) is 22.9. The first-order chi connectivity index (χ1) is 39.5. The van der Waals surface area contributed by atoms with Crippen molar-refractivity contribution < 1.29 is 28.6 Å². The molecule has 6 nitrogen and oxygen atoms in total. The lowest BCUT2D eigenvalue weighted by molar-refractivity contribution is -0.167. The van der Waals surface area contributed by atoms with E-state index in [0.717, 1.165) is 148 Å². The molecule has 0 amide bonds. The van der Waals surface area contributed by atoms with Gasteiger partial charge in [0.2, 0.25) is 0 Å². The second-order valence-electron chi connectivity index (χ2n) is 21.6. The minimum absolute atomic E-state index is 0.0871. The van der Waals surface area contributed by atoms with Gasteiger partial charge in [-0.3, -0.25) is 14.4 Å². The van der Waals surface area contributed by atoms with Gasteiger partial charge in [0, 0.05) is 19.3 Å². The Balaban J connectivity index is 4.26.